The zero-order chi connectivity index (χ0) is 24.9. The number of H-pyrrole nitrogens is 1. The van der Waals surface area contributed by atoms with Gasteiger partial charge in [-0.05, 0) is 24.3 Å². The highest BCUT2D eigenvalue weighted by Crippen LogP contribution is 2.43. The van der Waals surface area contributed by atoms with Gasteiger partial charge in [-0.1, -0.05) is 29.8 Å². The first-order chi connectivity index (χ1) is 17.5. The number of hydrogen-bond donors (Lipinski definition) is 2. The van der Waals surface area contributed by atoms with Gasteiger partial charge in [-0.25, -0.2) is 4.98 Å². The summed E-state index contributed by atoms with van der Waals surface area (Å²) in [5.74, 6) is 0.924. The fourth-order valence-corrected chi connectivity index (χ4v) is 5.20. The number of likely N-dealkylation sites (N-methyl/N-ethyl adjacent to an activating group) is 1. The van der Waals surface area contributed by atoms with Crippen molar-refractivity contribution in [2.24, 2.45) is 0 Å². The molecule has 0 bridgehead atoms. The molecule has 9 heteroatoms. The Morgan fingerprint density at radius 2 is 1.89 bits per heavy atom. The van der Waals surface area contributed by atoms with E-state index >= 15 is 0 Å². The van der Waals surface area contributed by atoms with Gasteiger partial charge in [0.05, 0.1) is 33.5 Å². The molecule has 0 unspecified atom stereocenters. The minimum Gasteiger partial charge on any atom is -0.457 e. The van der Waals surface area contributed by atoms with Gasteiger partial charge in [0, 0.05) is 50.9 Å². The van der Waals surface area contributed by atoms with E-state index in [4.69, 9.17) is 21.1 Å². The lowest BCUT2D eigenvalue weighted by Crippen LogP contribution is -2.59. The summed E-state index contributed by atoms with van der Waals surface area (Å²) in [6, 6.07) is 14.4. The summed E-state index contributed by atoms with van der Waals surface area (Å²) < 4.78 is 11.4. The Morgan fingerprint density at radius 3 is 2.64 bits per heavy atom. The maximum Gasteiger partial charge on any atom is 0.252 e. The van der Waals surface area contributed by atoms with Crippen molar-refractivity contribution < 1.29 is 19.1 Å². The number of rotatable bonds is 4. The van der Waals surface area contributed by atoms with Crippen LogP contribution in [0.3, 0.4) is 0 Å². The molecule has 8 nitrogen and oxygen atoms in total. The van der Waals surface area contributed by atoms with E-state index in [1.54, 1.807) is 42.5 Å². The average molecular weight is 503 g/mol. The number of anilines is 2. The van der Waals surface area contributed by atoms with Crippen molar-refractivity contribution in [3.63, 3.8) is 0 Å². The van der Waals surface area contributed by atoms with Gasteiger partial charge in [-0.3, -0.25) is 9.59 Å². The zero-order valence-corrected chi connectivity index (χ0v) is 20.3. The largest absolute Gasteiger partial charge is 0.457 e. The Labute approximate surface area is 212 Å². The molecule has 36 heavy (non-hydrogen) atoms. The molecule has 0 radical (unpaired) electrons. The third kappa shape index (κ3) is 3.61. The van der Waals surface area contributed by atoms with Gasteiger partial charge < -0.3 is 24.7 Å². The summed E-state index contributed by atoms with van der Waals surface area (Å²) in [6.07, 6.45) is 4.37. The number of nitrogens with zero attached hydrogens (tertiary/aromatic N) is 2. The third-order valence-corrected chi connectivity index (χ3v) is 7.19. The van der Waals surface area contributed by atoms with Crippen molar-refractivity contribution in [3.05, 3.63) is 77.1 Å². The van der Waals surface area contributed by atoms with Gasteiger partial charge in [0.2, 0.25) is 0 Å². The van der Waals surface area contributed by atoms with E-state index in [1.807, 2.05) is 30.3 Å². The minimum atomic E-state index is -0.778. The predicted molar refractivity (Wildman–Crippen MR) is 137 cm³/mol. The number of carbonyl (C=O) groups is 2. The number of fused-ring (bicyclic) bond motifs is 3. The van der Waals surface area contributed by atoms with E-state index in [0.717, 1.165) is 0 Å². The van der Waals surface area contributed by atoms with Crippen LogP contribution in [0.4, 0.5) is 11.4 Å². The van der Waals surface area contributed by atoms with E-state index in [0.29, 0.717) is 71.1 Å². The highest BCUT2D eigenvalue weighted by atomic mass is 35.5. The molecule has 1 spiro atoms. The number of ketones is 1. The fraction of sp³-hybridized carbons (Fsp3) is 0.222. The van der Waals surface area contributed by atoms with Crippen LogP contribution >= 0.6 is 11.6 Å². The SMILES string of the molecule is CN1C(=O)C2(CCOCC2)Nc2c1cnc1[nH]cc(C(=O)c3ccc(Oc4ccccc4)cc3Cl)c21. The molecule has 2 aliphatic heterocycles. The van der Waals surface area contributed by atoms with Gasteiger partial charge >= 0.3 is 0 Å². The van der Waals surface area contributed by atoms with Crippen LogP contribution in [0.5, 0.6) is 11.5 Å². The molecule has 2 aromatic heterocycles. The maximum atomic E-state index is 13.7. The molecule has 0 atom stereocenters. The first-order valence-corrected chi connectivity index (χ1v) is 12.1. The van der Waals surface area contributed by atoms with Crippen LogP contribution < -0.4 is 15.0 Å². The van der Waals surface area contributed by atoms with E-state index in [9.17, 15) is 9.59 Å². The first-order valence-electron chi connectivity index (χ1n) is 11.7. The molecule has 1 fully saturated rings. The molecule has 182 valence electrons. The van der Waals surface area contributed by atoms with Crippen LogP contribution in [0.1, 0.15) is 28.8 Å². The average Bonchev–Trinajstić information content (AvgIpc) is 3.33. The molecule has 0 aliphatic carbocycles. The van der Waals surface area contributed by atoms with E-state index in [-0.39, 0.29) is 16.7 Å². The van der Waals surface area contributed by atoms with Crippen LogP contribution in [-0.4, -0.2) is 47.5 Å². The van der Waals surface area contributed by atoms with Gasteiger partial charge in [0.1, 0.15) is 22.7 Å². The van der Waals surface area contributed by atoms with E-state index in [1.165, 1.54) is 0 Å². The zero-order valence-electron chi connectivity index (χ0n) is 19.5. The topological polar surface area (TPSA) is 96.5 Å². The molecule has 4 aromatic rings. The number of halogens is 1. The smallest absolute Gasteiger partial charge is 0.252 e. The molecule has 2 aromatic carbocycles. The summed E-state index contributed by atoms with van der Waals surface area (Å²) in [5.41, 5.74) is 1.86. The number of benzene rings is 2. The number of aromatic nitrogens is 2. The standard InChI is InChI=1S/C27H23ClN4O4/c1-32-21-15-30-25-22(23(21)31-27(26(32)34)9-11-35-12-10-27)19(14-29-25)24(33)18-8-7-17(13-20(18)28)36-16-5-3-2-4-6-16/h2-8,13-15,31H,9-12H2,1H3,(H,29,30). The quantitative estimate of drug-likeness (QED) is 0.373. The molecule has 0 saturated carbocycles. The number of carbonyl (C=O) groups excluding carboxylic acids is 2. The Hall–Kier alpha value is -3.88. The first kappa shape index (κ1) is 22.6. The normalized spacial score (nSPS) is 16.6. The molecular formula is C27H23ClN4O4. The lowest BCUT2D eigenvalue weighted by Gasteiger charge is -2.44. The van der Waals surface area contributed by atoms with Crippen LogP contribution in [0.15, 0.2) is 60.9 Å². The summed E-state index contributed by atoms with van der Waals surface area (Å²) >= 11 is 6.55. The van der Waals surface area contributed by atoms with Gasteiger partial charge in [0.25, 0.3) is 5.91 Å². The highest BCUT2D eigenvalue weighted by Gasteiger charge is 2.46. The van der Waals surface area contributed by atoms with Gasteiger partial charge in [0.15, 0.2) is 5.78 Å². The second-order valence-electron chi connectivity index (χ2n) is 9.01. The second kappa shape index (κ2) is 8.65. The van der Waals surface area contributed by atoms with Crippen molar-refractivity contribution in [2.45, 2.75) is 18.4 Å². The molecule has 6 rings (SSSR count). The van der Waals surface area contributed by atoms with Crippen LogP contribution in [0.25, 0.3) is 11.0 Å². The molecular weight excluding hydrogens is 480 g/mol. The Kier molecular flexibility index (Phi) is 5.43. The van der Waals surface area contributed by atoms with E-state index in [2.05, 4.69) is 15.3 Å². The van der Waals surface area contributed by atoms with Crippen molar-refractivity contribution in [1.82, 2.24) is 9.97 Å². The Morgan fingerprint density at radius 1 is 1.11 bits per heavy atom. The third-order valence-electron chi connectivity index (χ3n) is 6.88. The molecule has 2 aliphatic rings. The molecule has 4 heterocycles. The second-order valence-corrected chi connectivity index (χ2v) is 9.42. The van der Waals surface area contributed by atoms with Crippen LogP contribution in [0, 0.1) is 0 Å². The number of aromatic amines is 1. The maximum absolute atomic E-state index is 13.7. The number of amides is 1. The van der Waals surface area contributed by atoms with Gasteiger partial charge in [-0.15, -0.1) is 0 Å². The number of nitrogens with one attached hydrogen (secondary N) is 2. The van der Waals surface area contributed by atoms with Gasteiger partial charge in [-0.2, -0.15) is 0 Å². The fourth-order valence-electron chi connectivity index (χ4n) is 4.94. The lowest BCUT2D eigenvalue weighted by molar-refractivity contribution is -0.125. The molecule has 1 saturated heterocycles. The Bertz CT molecular complexity index is 1490. The number of ether oxygens (including phenoxy) is 2. The van der Waals surface area contributed by atoms with Crippen molar-refractivity contribution in [2.75, 3.05) is 30.5 Å². The number of para-hydroxylation sites is 1. The van der Waals surface area contributed by atoms with Crippen LogP contribution in [-0.2, 0) is 9.53 Å². The summed E-state index contributed by atoms with van der Waals surface area (Å²) in [6.45, 7) is 0.976. The number of hydrogen-bond acceptors (Lipinski definition) is 6. The monoisotopic (exact) mass is 502 g/mol. The summed E-state index contributed by atoms with van der Waals surface area (Å²) in [5, 5.41) is 4.39. The predicted octanol–water partition coefficient (Wildman–Crippen LogP) is 5.18. The minimum absolute atomic E-state index is 0.0279. The number of pyridine rings is 1. The summed E-state index contributed by atoms with van der Waals surface area (Å²) in [7, 11) is 1.74. The lowest BCUT2D eigenvalue weighted by atomic mass is 9.85. The molecule has 1 amide bonds. The molecule has 2 N–H and O–H groups in total. The van der Waals surface area contributed by atoms with Crippen molar-refractivity contribution in [1.29, 1.82) is 0 Å². The van der Waals surface area contributed by atoms with Crippen molar-refractivity contribution >= 4 is 45.7 Å². The summed E-state index contributed by atoms with van der Waals surface area (Å²) in [4.78, 5) is 36.2. The Balaban J connectivity index is 1.39. The van der Waals surface area contributed by atoms with Crippen molar-refractivity contribution in [3.8, 4) is 11.5 Å². The highest BCUT2D eigenvalue weighted by molar-refractivity contribution is 6.36. The van der Waals surface area contributed by atoms with Crippen LogP contribution in [0.2, 0.25) is 5.02 Å². The van der Waals surface area contributed by atoms with E-state index < -0.39 is 5.54 Å².